The van der Waals surface area contributed by atoms with E-state index in [-0.39, 0.29) is 18.1 Å². The Morgan fingerprint density at radius 1 is 1.31 bits per heavy atom. The Morgan fingerprint density at radius 2 is 2.08 bits per heavy atom. The minimum Gasteiger partial charge on any atom is -0.392 e. The second kappa shape index (κ2) is 6.32. The van der Waals surface area contributed by atoms with E-state index in [1.807, 2.05) is 7.11 Å². The van der Waals surface area contributed by atoms with Crippen molar-refractivity contribution in [3.05, 3.63) is 36.0 Å². The van der Waals surface area contributed by atoms with Gasteiger partial charge in [0, 0.05) is 12.5 Å². The summed E-state index contributed by atoms with van der Waals surface area (Å²) in [5, 5.41) is 21.2. The number of fused-ring (bicyclic) bond motifs is 5. The molecule has 4 aliphatic carbocycles. The van der Waals surface area contributed by atoms with Crippen LogP contribution in [0.4, 0.5) is 0 Å². The van der Waals surface area contributed by atoms with Gasteiger partial charge in [0.15, 0.2) is 0 Å². The summed E-state index contributed by atoms with van der Waals surface area (Å²) in [6.07, 6.45) is 9.92. The van der Waals surface area contributed by atoms with E-state index in [2.05, 4.69) is 26.2 Å². The van der Waals surface area contributed by atoms with Crippen molar-refractivity contribution >= 4 is 0 Å². The molecule has 3 fully saturated rings. The Labute approximate surface area is 157 Å². The van der Waals surface area contributed by atoms with Gasteiger partial charge in [0.05, 0.1) is 18.3 Å². The molecule has 0 aliphatic heterocycles. The van der Waals surface area contributed by atoms with Crippen LogP contribution in [0.1, 0.15) is 51.9 Å². The normalized spacial score (nSPS) is 47.6. The number of aliphatic hydroxyl groups excluding tert-OH is 1. The molecule has 0 radical (unpaired) electrons. The van der Waals surface area contributed by atoms with Crippen molar-refractivity contribution in [1.82, 2.24) is 0 Å². The van der Waals surface area contributed by atoms with Gasteiger partial charge < -0.3 is 14.9 Å². The number of hydrogen-bond donors (Lipinski definition) is 2. The molecule has 7 atom stereocenters. The molecule has 0 bridgehead atoms. The summed E-state index contributed by atoms with van der Waals surface area (Å²) in [6, 6.07) is 0. The number of ether oxygens (including phenoxy) is 1. The zero-order valence-electron chi connectivity index (χ0n) is 16.3. The Morgan fingerprint density at radius 3 is 2.77 bits per heavy atom. The largest absolute Gasteiger partial charge is 0.392 e. The molecular formula is C23H34O3. The molecule has 3 saturated carbocycles. The molecule has 0 aromatic rings. The second-order valence-corrected chi connectivity index (χ2v) is 9.45. The molecule has 0 amide bonds. The van der Waals surface area contributed by atoms with Gasteiger partial charge in [-0.1, -0.05) is 37.3 Å². The van der Waals surface area contributed by atoms with Crippen molar-refractivity contribution in [1.29, 1.82) is 0 Å². The van der Waals surface area contributed by atoms with Crippen LogP contribution in [-0.4, -0.2) is 35.6 Å². The van der Waals surface area contributed by atoms with Crippen molar-refractivity contribution in [2.75, 3.05) is 13.7 Å². The van der Waals surface area contributed by atoms with E-state index in [0.717, 1.165) is 32.1 Å². The number of rotatable bonds is 3. The first-order chi connectivity index (χ1) is 12.4. The molecular weight excluding hydrogens is 324 g/mol. The van der Waals surface area contributed by atoms with Crippen LogP contribution in [0.5, 0.6) is 0 Å². The Balaban J connectivity index is 1.67. The smallest absolute Gasteiger partial charge is 0.0935 e. The average Bonchev–Trinajstić information content (AvgIpc) is 2.91. The van der Waals surface area contributed by atoms with Gasteiger partial charge in [0.2, 0.25) is 0 Å². The molecule has 0 unspecified atom stereocenters. The van der Waals surface area contributed by atoms with Crippen LogP contribution >= 0.6 is 0 Å². The van der Waals surface area contributed by atoms with Crippen molar-refractivity contribution in [3.63, 3.8) is 0 Å². The minimum atomic E-state index is -0.954. The van der Waals surface area contributed by atoms with E-state index in [9.17, 15) is 10.2 Å². The lowest BCUT2D eigenvalue weighted by molar-refractivity contribution is -0.0816. The molecule has 0 heterocycles. The van der Waals surface area contributed by atoms with Crippen molar-refractivity contribution in [2.24, 2.45) is 29.1 Å². The Hall–Kier alpha value is -0.900. The van der Waals surface area contributed by atoms with Gasteiger partial charge >= 0.3 is 0 Å². The lowest BCUT2D eigenvalue weighted by atomic mass is 9.49. The van der Waals surface area contributed by atoms with Crippen LogP contribution in [0.15, 0.2) is 36.0 Å². The van der Waals surface area contributed by atoms with Gasteiger partial charge in [-0.25, -0.2) is 0 Å². The van der Waals surface area contributed by atoms with Crippen molar-refractivity contribution in [2.45, 2.75) is 63.6 Å². The van der Waals surface area contributed by atoms with Crippen LogP contribution in [0.3, 0.4) is 0 Å². The quantitative estimate of drug-likeness (QED) is 0.749. The molecule has 0 aromatic carbocycles. The first-order valence-corrected chi connectivity index (χ1v) is 10.3. The summed E-state index contributed by atoms with van der Waals surface area (Å²) in [4.78, 5) is 0. The predicted octanol–water partition coefficient (Wildman–Crippen LogP) is 4.02. The van der Waals surface area contributed by atoms with Gasteiger partial charge in [-0.2, -0.15) is 0 Å². The van der Waals surface area contributed by atoms with E-state index in [4.69, 9.17) is 4.74 Å². The van der Waals surface area contributed by atoms with Crippen LogP contribution in [-0.2, 0) is 4.74 Å². The average molecular weight is 359 g/mol. The summed E-state index contributed by atoms with van der Waals surface area (Å²) >= 11 is 0. The highest BCUT2D eigenvalue weighted by Gasteiger charge is 2.63. The van der Waals surface area contributed by atoms with E-state index in [1.54, 1.807) is 5.57 Å². The van der Waals surface area contributed by atoms with Crippen LogP contribution in [0.25, 0.3) is 0 Å². The summed E-state index contributed by atoms with van der Waals surface area (Å²) in [5.74, 6) is 2.26. The van der Waals surface area contributed by atoms with Gasteiger partial charge in [0.1, 0.15) is 0 Å². The molecule has 3 nitrogen and oxygen atoms in total. The standard InChI is InChI=1S/C23H34O3/c1-14-12-22(3)20(9-10-23(22,25)15(2)13-24)19-7-5-16-11-17(26-4)6-8-18(16)21(14)19/h11,17-21,24-25H,1-2,5-10,12-13H2,3-4H3/t17-,18+,19+,20+,21-,22+,23-/m1/s1. The maximum Gasteiger partial charge on any atom is 0.0935 e. The molecule has 3 heteroatoms. The zero-order chi connectivity index (χ0) is 18.7. The summed E-state index contributed by atoms with van der Waals surface area (Å²) in [6.45, 7) is 10.6. The molecule has 2 N–H and O–H groups in total. The summed E-state index contributed by atoms with van der Waals surface area (Å²) in [7, 11) is 1.81. The first-order valence-electron chi connectivity index (χ1n) is 10.3. The predicted molar refractivity (Wildman–Crippen MR) is 104 cm³/mol. The van der Waals surface area contributed by atoms with E-state index >= 15 is 0 Å². The summed E-state index contributed by atoms with van der Waals surface area (Å²) in [5.41, 5.74) is 2.29. The molecule has 0 aromatic heterocycles. The van der Waals surface area contributed by atoms with Crippen LogP contribution in [0, 0.1) is 29.1 Å². The fourth-order valence-corrected chi connectivity index (χ4v) is 7.23. The van der Waals surface area contributed by atoms with Gasteiger partial charge in [-0.3, -0.25) is 0 Å². The van der Waals surface area contributed by atoms with Crippen molar-refractivity contribution < 1.29 is 14.9 Å². The van der Waals surface area contributed by atoms with Gasteiger partial charge in [-0.15, -0.1) is 0 Å². The highest BCUT2D eigenvalue weighted by atomic mass is 16.5. The third-order valence-electron chi connectivity index (χ3n) is 8.54. The Kier molecular flexibility index (Phi) is 4.49. The van der Waals surface area contributed by atoms with Gasteiger partial charge in [0.25, 0.3) is 0 Å². The fourth-order valence-electron chi connectivity index (χ4n) is 7.23. The lowest BCUT2D eigenvalue weighted by Crippen LogP contribution is -2.54. The SMILES string of the molecule is C=C1C[C@@]2(C)[C@@H](CC[C@@]2(O)C(=C)CO)[C@@H]2CCC3=C[C@H](OC)CC[C@@H]3[C@@H]12. The second-order valence-electron chi connectivity index (χ2n) is 9.45. The minimum absolute atomic E-state index is 0.132. The highest BCUT2D eigenvalue weighted by Crippen LogP contribution is 2.67. The first kappa shape index (κ1) is 18.5. The third-order valence-corrected chi connectivity index (χ3v) is 8.54. The van der Waals surface area contributed by atoms with E-state index in [0.29, 0.717) is 29.2 Å². The summed E-state index contributed by atoms with van der Waals surface area (Å²) < 4.78 is 5.59. The molecule has 0 spiro atoms. The molecule has 4 aliphatic rings. The number of hydrogen-bond acceptors (Lipinski definition) is 3. The maximum absolute atomic E-state index is 11.5. The molecule has 144 valence electrons. The lowest BCUT2D eigenvalue weighted by Gasteiger charge is -2.57. The van der Waals surface area contributed by atoms with E-state index < -0.39 is 5.60 Å². The number of aliphatic hydroxyl groups is 2. The third kappa shape index (κ3) is 2.36. The van der Waals surface area contributed by atoms with Crippen LogP contribution in [0.2, 0.25) is 0 Å². The Bertz CT molecular complexity index is 650. The maximum atomic E-state index is 11.5. The van der Waals surface area contributed by atoms with Crippen molar-refractivity contribution in [3.8, 4) is 0 Å². The molecule has 0 saturated heterocycles. The zero-order valence-corrected chi connectivity index (χ0v) is 16.3. The number of methoxy groups -OCH3 is 1. The van der Waals surface area contributed by atoms with Crippen LogP contribution < -0.4 is 0 Å². The fraction of sp³-hybridized carbons (Fsp3) is 0.739. The van der Waals surface area contributed by atoms with Gasteiger partial charge in [-0.05, 0) is 74.2 Å². The number of allylic oxidation sites excluding steroid dienone is 2. The monoisotopic (exact) mass is 358 g/mol. The van der Waals surface area contributed by atoms with E-state index in [1.165, 1.54) is 18.4 Å². The highest BCUT2D eigenvalue weighted by molar-refractivity contribution is 5.33. The molecule has 26 heavy (non-hydrogen) atoms. The topological polar surface area (TPSA) is 49.7 Å². The molecule has 4 rings (SSSR count).